The largest absolute Gasteiger partial charge is 0.497 e. The number of amides is 1. The van der Waals surface area contributed by atoms with E-state index in [-0.39, 0.29) is 12.7 Å². The Bertz CT molecular complexity index is 1120. The molecule has 2 aliphatic heterocycles. The van der Waals surface area contributed by atoms with E-state index in [1.165, 1.54) is 0 Å². The van der Waals surface area contributed by atoms with Crippen LogP contribution in [0.3, 0.4) is 0 Å². The van der Waals surface area contributed by atoms with E-state index >= 15 is 0 Å². The molecule has 0 spiro atoms. The second-order valence-corrected chi connectivity index (χ2v) is 6.02. The van der Waals surface area contributed by atoms with Crippen molar-refractivity contribution >= 4 is 33.1 Å². The highest BCUT2D eigenvalue weighted by Crippen LogP contribution is 2.55. The van der Waals surface area contributed by atoms with E-state index < -0.39 is 0 Å². The Hall–Kier alpha value is -3.35. The summed E-state index contributed by atoms with van der Waals surface area (Å²) in [4.78, 5) is 12.6. The first-order chi connectivity index (χ1) is 12.7. The van der Waals surface area contributed by atoms with Gasteiger partial charge in [0.25, 0.3) is 5.91 Å². The Morgan fingerprint density at radius 3 is 2.54 bits per heavy atom. The molecule has 0 bridgehead atoms. The summed E-state index contributed by atoms with van der Waals surface area (Å²) in [5, 5.41) is 5.96. The number of rotatable bonds is 3. The van der Waals surface area contributed by atoms with Crippen LogP contribution in [0.4, 0.5) is 5.69 Å². The number of anilines is 1. The maximum Gasteiger partial charge on any atom is 0.256 e. The molecule has 0 aromatic heterocycles. The highest BCUT2D eigenvalue weighted by molar-refractivity contribution is 6.33. The lowest BCUT2D eigenvalue weighted by atomic mass is 9.95. The van der Waals surface area contributed by atoms with Crippen LogP contribution in [0.5, 0.6) is 28.7 Å². The fourth-order valence-corrected chi connectivity index (χ4v) is 3.78. The Morgan fingerprint density at radius 2 is 1.81 bits per heavy atom. The van der Waals surface area contributed by atoms with Crippen LogP contribution >= 0.6 is 0 Å². The molecule has 0 aliphatic carbocycles. The second kappa shape index (κ2) is 5.08. The van der Waals surface area contributed by atoms with Crippen molar-refractivity contribution < 1.29 is 28.5 Å². The van der Waals surface area contributed by atoms with Gasteiger partial charge in [-0.1, -0.05) is 0 Å². The highest BCUT2D eigenvalue weighted by atomic mass is 16.7. The predicted octanol–water partition coefficient (Wildman–Crippen LogP) is 3.31. The molecule has 0 fully saturated rings. The van der Waals surface area contributed by atoms with E-state index in [1.54, 1.807) is 33.5 Å². The van der Waals surface area contributed by atoms with Gasteiger partial charge in [0.15, 0.2) is 17.2 Å². The highest BCUT2D eigenvalue weighted by Gasteiger charge is 2.34. The molecule has 0 radical (unpaired) electrons. The Morgan fingerprint density at radius 1 is 0.962 bits per heavy atom. The van der Waals surface area contributed by atoms with Crippen molar-refractivity contribution in [2.75, 3.05) is 33.4 Å². The first-order valence-corrected chi connectivity index (χ1v) is 8.01. The van der Waals surface area contributed by atoms with Crippen LogP contribution in [-0.2, 0) is 0 Å². The first kappa shape index (κ1) is 14.9. The molecule has 1 N–H and O–H groups in total. The fourth-order valence-electron chi connectivity index (χ4n) is 3.78. The molecule has 26 heavy (non-hydrogen) atoms. The number of carbonyl (C=O) groups excluding carboxylic acids is 1. The smallest absolute Gasteiger partial charge is 0.256 e. The molecular formula is C19H15NO6. The van der Waals surface area contributed by atoms with E-state index in [0.29, 0.717) is 40.0 Å². The Kier molecular flexibility index (Phi) is 2.92. The zero-order valence-corrected chi connectivity index (χ0v) is 14.4. The molecular weight excluding hydrogens is 338 g/mol. The minimum atomic E-state index is -0.206. The summed E-state index contributed by atoms with van der Waals surface area (Å²) in [5.74, 6) is 2.68. The summed E-state index contributed by atoms with van der Waals surface area (Å²) in [6.45, 7) is 0.111. The van der Waals surface area contributed by atoms with E-state index in [9.17, 15) is 4.79 Å². The molecule has 2 aliphatic rings. The van der Waals surface area contributed by atoms with Crippen LogP contribution in [-0.4, -0.2) is 34.0 Å². The van der Waals surface area contributed by atoms with Gasteiger partial charge in [0.05, 0.1) is 38.0 Å². The molecule has 5 rings (SSSR count). The lowest BCUT2D eigenvalue weighted by molar-refractivity contribution is 0.103. The summed E-state index contributed by atoms with van der Waals surface area (Å²) in [5.41, 5.74) is 1.14. The number of benzene rings is 3. The zero-order chi connectivity index (χ0) is 18.0. The van der Waals surface area contributed by atoms with Gasteiger partial charge in [0.1, 0.15) is 11.5 Å². The van der Waals surface area contributed by atoms with Crippen molar-refractivity contribution in [2.24, 2.45) is 0 Å². The lowest BCUT2D eigenvalue weighted by Crippen LogP contribution is -2.05. The molecule has 2 heterocycles. The first-order valence-electron chi connectivity index (χ1n) is 8.01. The van der Waals surface area contributed by atoms with Crippen LogP contribution in [0.15, 0.2) is 18.2 Å². The quantitative estimate of drug-likeness (QED) is 0.728. The van der Waals surface area contributed by atoms with Crippen molar-refractivity contribution in [1.29, 1.82) is 0 Å². The minimum absolute atomic E-state index is 0.111. The van der Waals surface area contributed by atoms with E-state index in [0.717, 1.165) is 21.5 Å². The number of fused-ring (bicyclic) bond motifs is 4. The van der Waals surface area contributed by atoms with Crippen LogP contribution in [0.2, 0.25) is 0 Å². The molecule has 7 nitrogen and oxygen atoms in total. The molecule has 3 aromatic rings. The van der Waals surface area contributed by atoms with Crippen LogP contribution in [0.25, 0.3) is 21.5 Å². The van der Waals surface area contributed by atoms with Gasteiger partial charge in [-0.3, -0.25) is 4.79 Å². The van der Waals surface area contributed by atoms with Gasteiger partial charge in [-0.2, -0.15) is 0 Å². The summed E-state index contributed by atoms with van der Waals surface area (Å²) in [6, 6.07) is 5.37. The van der Waals surface area contributed by atoms with E-state index in [1.807, 2.05) is 6.07 Å². The zero-order valence-electron chi connectivity index (χ0n) is 14.4. The van der Waals surface area contributed by atoms with E-state index in [2.05, 4.69) is 5.32 Å². The molecule has 0 saturated carbocycles. The Labute approximate surface area is 148 Å². The summed E-state index contributed by atoms with van der Waals surface area (Å²) < 4.78 is 27.9. The molecule has 1 amide bonds. The van der Waals surface area contributed by atoms with Gasteiger partial charge in [-0.25, -0.2) is 0 Å². The monoisotopic (exact) mass is 353 g/mol. The molecule has 3 aromatic carbocycles. The summed E-state index contributed by atoms with van der Waals surface area (Å²) >= 11 is 0. The van der Waals surface area contributed by atoms with Gasteiger partial charge < -0.3 is 29.0 Å². The standard InChI is InChI=1S/C19H15NO6/c1-22-8-4-9-13(11(5-8)23-2)18(24-3)16-14-10(19(21)20-16)6-12-17(15(9)14)26-7-25-12/h4-6H,7H2,1-3H3,(H,20,21). The number of ether oxygens (including phenoxy) is 5. The van der Waals surface area contributed by atoms with Gasteiger partial charge >= 0.3 is 0 Å². The second-order valence-electron chi connectivity index (χ2n) is 6.02. The van der Waals surface area contributed by atoms with Crippen LogP contribution < -0.4 is 29.0 Å². The molecule has 0 unspecified atom stereocenters. The normalized spacial score (nSPS) is 14.0. The molecule has 7 heteroatoms. The van der Waals surface area contributed by atoms with Crippen LogP contribution in [0.1, 0.15) is 10.4 Å². The molecule has 0 saturated heterocycles. The summed E-state index contributed by atoms with van der Waals surface area (Å²) in [7, 11) is 4.74. The third-order valence-electron chi connectivity index (χ3n) is 4.86. The average molecular weight is 353 g/mol. The van der Waals surface area contributed by atoms with Gasteiger partial charge in [-0.15, -0.1) is 0 Å². The SMILES string of the molecule is COc1cc(OC)c2c(OC)c3c4c(cc5c(c4c2c1)OCO5)C(=O)N3. The predicted molar refractivity (Wildman–Crippen MR) is 95.2 cm³/mol. The molecule has 132 valence electrons. The fraction of sp³-hybridized carbons (Fsp3) is 0.211. The maximum atomic E-state index is 12.6. The number of methoxy groups -OCH3 is 3. The molecule has 0 atom stereocenters. The van der Waals surface area contributed by atoms with Gasteiger partial charge in [-0.05, 0) is 12.1 Å². The lowest BCUT2D eigenvalue weighted by Gasteiger charge is -2.17. The number of carbonyl (C=O) groups is 1. The third-order valence-corrected chi connectivity index (χ3v) is 4.86. The van der Waals surface area contributed by atoms with Crippen molar-refractivity contribution in [2.45, 2.75) is 0 Å². The van der Waals surface area contributed by atoms with Crippen molar-refractivity contribution in [1.82, 2.24) is 0 Å². The van der Waals surface area contributed by atoms with Crippen molar-refractivity contribution in [3.63, 3.8) is 0 Å². The number of hydrogen-bond acceptors (Lipinski definition) is 6. The maximum absolute atomic E-state index is 12.6. The van der Waals surface area contributed by atoms with Gasteiger partial charge in [0.2, 0.25) is 6.79 Å². The van der Waals surface area contributed by atoms with Crippen molar-refractivity contribution in [3.8, 4) is 28.7 Å². The average Bonchev–Trinajstić information content (AvgIpc) is 3.26. The summed E-state index contributed by atoms with van der Waals surface area (Å²) in [6.07, 6.45) is 0. The Balaban J connectivity index is 2.10. The minimum Gasteiger partial charge on any atom is -0.497 e. The van der Waals surface area contributed by atoms with Crippen molar-refractivity contribution in [3.05, 3.63) is 23.8 Å². The topological polar surface area (TPSA) is 75.2 Å². The third kappa shape index (κ3) is 1.69. The number of hydrogen-bond donors (Lipinski definition) is 1. The number of nitrogens with one attached hydrogen (secondary N) is 1. The van der Waals surface area contributed by atoms with Crippen LogP contribution in [0, 0.1) is 0 Å². The van der Waals surface area contributed by atoms with E-state index in [4.69, 9.17) is 23.7 Å². The van der Waals surface area contributed by atoms with Gasteiger partial charge in [0, 0.05) is 22.2 Å².